The highest BCUT2D eigenvalue weighted by molar-refractivity contribution is 9.10. The summed E-state index contributed by atoms with van der Waals surface area (Å²) in [4.78, 5) is 14.6. The number of nitro groups is 1. The molecule has 2 rings (SSSR count). The topological polar surface area (TPSA) is 73.8 Å². The largest absolute Gasteiger partial charge is 0.283 e. The van der Waals surface area contributed by atoms with Gasteiger partial charge in [-0.1, -0.05) is 6.07 Å². The predicted octanol–water partition coefficient (Wildman–Crippen LogP) is 2.61. The number of halogens is 1. The first kappa shape index (κ1) is 12.7. The molecule has 0 atom stereocenters. The summed E-state index contributed by atoms with van der Waals surface area (Å²) in [6.07, 6.45) is 0. The monoisotopic (exact) mass is 310 g/mol. The van der Waals surface area contributed by atoms with E-state index < -0.39 is 4.92 Å². The highest BCUT2D eigenvalue weighted by Crippen LogP contribution is 2.25. The van der Waals surface area contributed by atoms with Gasteiger partial charge >= 0.3 is 0 Å². The standard InChI is InChI=1S/C11H11BrN4O2/c1-7-13-8(2)15(14-7)6-9-3-4-10(12)11(5-9)16(17)18/h3-5H,6H2,1-2H3. The first-order valence-electron chi connectivity index (χ1n) is 5.28. The second-order valence-corrected chi connectivity index (χ2v) is 4.76. The smallest absolute Gasteiger partial charge is 0.258 e. The molecule has 0 saturated carbocycles. The van der Waals surface area contributed by atoms with E-state index >= 15 is 0 Å². The van der Waals surface area contributed by atoms with Gasteiger partial charge in [0.05, 0.1) is 15.9 Å². The average molecular weight is 311 g/mol. The fourth-order valence-electron chi connectivity index (χ4n) is 1.68. The maximum absolute atomic E-state index is 10.8. The van der Waals surface area contributed by atoms with Gasteiger partial charge in [0, 0.05) is 6.07 Å². The van der Waals surface area contributed by atoms with E-state index in [9.17, 15) is 10.1 Å². The minimum absolute atomic E-state index is 0.0574. The van der Waals surface area contributed by atoms with Crippen molar-refractivity contribution in [2.75, 3.05) is 0 Å². The van der Waals surface area contributed by atoms with Crippen LogP contribution in [0.2, 0.25) is 0 Å². The molecule has 94 valence electrons. The molecule has 0 radical (unpaired) electrons. The Hall–Kier alpha value is -1.76. The molecule has 0 amide bonds. The summed E-state index contributed by atoms with van der Waals surface area (Å²) in [6.45, 7) is 4.14. The van der Waals surface area contributed by atoms with Crippen molar-refractivity contribution in [3.63, 3.8) is 0 Å². The van der Waals surface area contributed by atoms with Crippen molar-refractivity contribution in [1.29, 1.82) is 0 Å². The van der Waals surface area contributed by atoms with Crippen molar-refractivity contribution >= 4 is 21.6 Å². The SMILES string of the molecule is Cc1nc(C)n(Cc2ccc(Br)c([N+](=O)[O-])c2)n1. The molecule has 0 saturated heterocycles. The summed E-state index contributed by atoms with van der Waals surface area (Å²) in [5, 5.41) is 15.1. The number of hydrogen-bond donors (Lipinski definition) is 0. The highest BCUT2D eigenvalue weighted by atomic mass is 79.9. The Kier molecular flexibility index (Phi) is 3.42. The summed E-state index contributed by atoms with van der Waals surface area (Å²) in [7, 11) is 0. The van der Waals surface area contributed by atoms with Gasteiger partial charge in [0.2, 0.25) is 0 Å². The van der Waals surface area contributed by atoms with E-state index in [0.717, 1.165) is 11.4 Å². The lowest BCUT2D eigenvalue weighted by Gasteiger charge is -2.04. The summed E-state index contributed by atoms with van der Waals surface area (Å²) >= 11 is 3.16. The predicted molar refractivity (Wildman–Crippen MR) is 69.4 cm³/mol. The van der Waals surface area contributed by atoms with Crippen molar-refractivity contribution in [3.8, 4) is 0 Å². The molecule has 0 N–H and O–H groups in total. The van der Waals surface area contributed by atoms with Crippen molar-refractivity contribution in [2.24, 2.45) is 0 Å². The summed E-state index contributed by atoms with van der Waals surface area (Å²) in [5.41, 5.74) is 0.875. The Morgan fingerprint density at radius 2 is 2.17 bits per heavy atom. The molecule has 0 aliphatic heterocycles. The van der Waals surface area contributed by atoms with E-state index in [1.54, 1.807) is 16.8 Å². The number of nitro benzene ring substituents is 1. The normalized spacial score (nSPS) is 10.6. The molecule has 1 aromatic carbocycles. The van der Waals surface area contributed by atoms with Crippen molar-refractivity contribution in [3.05, 3.63) is 50.0 Å². The maximum atomic E-state index is 10.8. The van der Waals surface area contributed by atoms with Gasteiger partial charge in [0.1, 0.15) is 11.6 Å². The third-order valence-corrected chi connectivity index (χ3v) is 3.17. The molecule has 1 aromatic heterocycles. The zero-order valence-electron chi connectivity index (χ0n) is 9.92. The first-order chi connectivity index (χ1) is 8.47. The summed E-state index contributed by atoms with van der Waals surface area (Å²) in [6, 6.07) is 5.04. The van der Waals surface area contributed by atoms with E-state index in [1.165, 1.54) is 0 Å². The summed E-state index contributed by atoms with van der Waals surface area (Å²) < 4.78 is 2.20. The molecule has 6 nitrogen and oxygen atoms in total. The van der Waals surface area contributed by atoms with E-state index in [2.05, 4.69) is 26.0 Å². The quantitative estimate of drug-likeness (QED) is 0.645. The van der Waals surface area contributed by atoms with Gasteiger partial charge in [0.15, 0.2) is 0 Å². The number of rotatable bonds is 3. The Balaban J connectivity index is 2.32. The van der Waals surface area contributed by atoms with Crippen LogP contribution in [-0.2, 0) is 6.54 Å². The second kappa shape index (κ2) is 4.85. The second-order valence-electron chi connectivity index (χ2n) is 3.91. The van der Waals surface area contributed by atoms with Crippen molar-refractivity contribution in [1.82, 2.24) is 14.8 Å². The van der Waals surface area contributed by atoms with E-state index in [1.807, 2.05) is 19.9 Å². The van der Waals surface area contributed by atoms with Crippen LogP contribution >= 0.6 is 15.9 Å². The molecule has 18 heavy (non-hydrogen) atoms. The molecule has 1 heterocycles. The van der Waals surface area contributed by atoms with E-state index in [0.29, 0.717) is 16.8 Å². The van der Waals surface area contributed by atoms with Crippen LogP contribution in [0, 0.1) is 24.0 Å². The van der Waals surface area contributed by atoms with Crippen LogP contribution in [0.4, 0.5) is 5.69 Å². The van der Waals surface area contributed by atoms with Crippen LogP contribution in [-0.4, -0.2) is 19.7 Å². The Morgan fingerprint density at radius 1 is 1.44 bits per heavy atom. The van der Waals surface area contributed by atoms with Gasteiger partial charge < -0.3 is 0 Å². The Labute approximate surface area is 112 Å². The molecule has 2 aromatic rings. The van der Waals surface area contributed by atoms with Gasteiger partial charge in [-0.15, -0.1) is 0 Å². The van der Waals surface area contributed by atoms with E-state index in [4.69, 9.17) is 0 Å². The molecular weight excluding hydrogens is 300 g/mol. The Morgan fingerprint density at radius 3 is 2.72 bits per heavy atom. The number of aryl methyl sites for hydroxylation is 2. The zero-order chi connectivity index (χ0) is 13.3. The van der Waals surface area contributed by atoms with Gasteiger partial charge in [-0.25, -0.2) is 9.67 Å². The molecule has 0 unspecified atom stereocenters. The van der Waals surface area contributed by atoms with Gasteiger partial charge in [-0.3, -0.25) is 10.1 Å². The lowest BCUT2D eigenvalue weighted by molar-refractivity contribution is -0.385. The molecule has 0 bridgehead atoms. The first-order valence-corrected chi connectivity index (χ1v) is 6.07. The third-order valence-electron chi connectivity index (χ3n) is 2.50. The van der Waals surface area contributed by atoms with Crippen LogP contribution in [0.5, 0.6) is 0 Å². The van der Waals surface area contributed by atoms with Crippen LogP contribution < -0.4 is 0 Å². The zero-order valence-corrected chi connectivity index (χ0v) is 11.5. The molecule has 0 aliphatic carbocycles. The minimum atomic E-state index is -0.410. The van der Waals surface area contributed by atoms with Crippen molar-refractivity contribution in [2.45, 2.75) is 20.4 Å². The van der Waals surface area contributed by atoms with Crippen LogP contribution in [0.1, 0.15) is 17.2 Å². The summed E-state index contributed by atoms with van der Waals surface area (Å²) in [5.74, 6) is 1.48. The number of nitrogens with zero attached hydrogens (tertiary/aromatic N) is 4. The molecule has 0 aliphatic rings. The molecule has 0 spiro atoms. The Bertz CT molecular complexity index is 609. The van der Waals surface area contributed by atoms with Crippen LogP contribution in [0.3, 0.4) is 0 Å². The lowest BCUT2D eigenvalue weighted by atomic mass is 10.2. The van der Waals surface area contributed by atoms with Crippen LogP contribution in [0.15, 0.2) is 22.7 Å². The number of hydrogen-bond acceptors (Lipinski definition) is 4. The van der Waals surface area contributed by atoms with Gasteiger partial charge in [0.25, 0.3) is 5.69 Å². The molecule has 0 fully saturated rings. The lowest BCUT2D eigenvalue weighted by Crippen LogP contribution is -2.04. The van der Waals surface area contributed by atoms with E-state index in [-0.39, 0.29) is 5.69 Å². The molecule has 7 heteroatoms. The highest BCUT2D eigenvalue weighted by Gasteiger charge is 2.13. The number of aromatic nitrogens is 3. The number of benzene rings is 1. The van der Waals surface area contributed by atoms with Gasteiger partial charge in [-0.05, 0) is 41.4 Å². The van der Waals surface area contributed by atoms with Gasteiger partial charge in [-0.2, -0.15) is 5.10 Å². The fourth-order valence-corrected chi connectivity index (χ4v) is 2.07. The third kappa shape index (κ3) is 2.56. The molecular formula is C11H11BrN4O2. The maximum Gasteiger partial charge on any atom is 0.283 e. The average Bonchev–Trinajstić information content (AvgIpc) is 2.60. The van der Waals surface area contributed by atoms with Crippen molar-refractivity contribution < 1.29 is 4.92 Å². The van der Waals surface area contributed by atoms with Crippen LogP contribution in [0.25, 0.3) is 0 Å². The fraction of sp³-hybridized carbons (Fsp3) is 0.273. The minimum Gasteiger partial charge on any atom is -0.258 e.